The summed E-state index contributed by atoms with van der Waals surface area (Å²) in [6, 6.07) is 3.27. The molecule has 1 rings (SSSR count). The molecule has 0 aromatic heterocycles. The van der Waals surface area contributed by atoms with Gasteiger partial charge in [0.1, 0.15) is 17.7 Å². The lowest BCUT2D eigenvalue weighted by Gasteiger charge is -2.18. The van der Waals surface area contributed by atoms with E-state index in [4.69, 9.17) is 20.6 Å². The lowest BCUT2D eigenvalue weighted by Crippen LogP contribution is -2.21. The molecule has 0 spiro atoms. The standard InChI is InChI=1S/C12H15F3N2O2/c1-7(6-18-2)19-10-4-3-8(11(16)17)5-9(10)12(13,14)15/h3-5,7H,6H2,1-2H3,(H3,16,17). The summed E-state index contributed by atoms with van der Waals surface area (Å²) in [5.74, 6) is -0.732. The SMILES string of the molecule is COCC(C)Oc1ccc(C(=N)N)cc1C(F)(F)F. The Morgan fingerprint density at radius 1 is 1.42 bits per heavy atom. The zero-order valence-corrected chi connectivity index (χ0v) is 10.5. The number of halogens is 3. The van der Waals surface area contributed by atoms with Crippen LogP contribution in [0.25, 0.3) is 0 Å². The van der Waals surface area contributed by atoms with Gasteiger partial charge in [0.25, 0.3) is 0 Å². The molecule has 0 saturated heterocycles. The highest BCUT2D eigenvalue weighted by Crippen LogP contribution is 2.37. The molecule has 106 valence electrons. The molecular formula is C12H15F3N2O2. The van der Waals surface area contributed by atoms with E-state index in [1.807, 2.05) is 0 Å². The topological polar surface area (TPSA) is 68.3 Å². The van der Waals surface area contributed by atoms with Crippen LogP contribution in [0.15, 0.2) is 18.2 Å². The number of nitrogens with one attached hydrogen (secondary N) is 1. The van der Waals surface area contributed by atoms with Crippen molar-refractivity contribution < 1.29 is 22.6 Å². The van der Waals surface area contributed by atoms with Gasteiger partial charge in [-0.05, 0) is 25.1 Å². The van der Waals surface area contributed by atoms with Gasteiger partial charge in [-0.25, -0.2) is 0 Å². The molecule has 0 aliphatic carbocycles. The van der Waals surface area contributed by atoms with Crippen LogP contribution < -0.4 is 10.5 Å². The molecule has 3 N–H and O–H groups in total. The van der Waals surface area contributed by atoms with Crippen molar-refractivity contribution >= 4 is 5.84 Å². The minimum absolute atomic E-state index is 0.000861. The Balaban J connectivity index is 3.13. The van der Waals surface area contributed by atoms with Crippen molar-refractivity contribution in [3.8, 4) is 5.75 Å². The Labute approximate surface area is 108 Å². The number of nitrogens with two attached hydrogens (primary N) is 1. The number of methoxy groups -OCH3 is 1. The number of ether oxygens (including phenoxy) is 2. The lowest BCUT2D eigenvalue weighted by molar-refractivity contribution is -0.139. The zero-order chi connectivity index (χ0) is 14.6. The van der Waals surface area contributed by atoms with E-state index in [0.29, 0.717) is 0 Å². The Morgan fingerprint density at radius 2 is 2.05 bits per heavy atom. The minimum atomic E-state index is -4.58. The number of alkyl halides is 3. The fraction of sp³-hybridized carbons (Fsp3) is 0.417. The molecule has 0 saturated carbocycles. The van der Waals surface area contributed by atoms with Gasteiger partial charge in [0.15, 0.2) is 0 Å². The van der Waals surface area contributed by atoms with Crippen molar-refractivity contribution in [1.82, 2.24) is 0 Å². The normalized spacial score (nSPS) is 13.1. The summed E-state index contributed by atoms with van der Waals surface area (Å²) >= 11 is 0. The molecule has 1 unspecified atom stereocenters. The summed E-state index contributed by atoms with van der Waals surface area (Å²) in [6.45, 7) is 1.77. The Morgan fingerprint density at radius 3 is 2.53 bits per heavy atom. The average molecular weight is 276 g/mol. The monoisotopic (exact) mass is 276 g/mol. The van der Waals surface area contributed by atoms with Crippen LogP contribution in [0.1, 0.15) is 18.1 Å². The van der Waals surface area contributed by atoms with Crippen molar-refractivity contribution in [2.24, 2.45) is 5.73 Å². The van der Waals surface area contributed by atoms with Crippen molar-refractivity contribution in [2.75, 3.05) is 13.7 Å². The van der Waals surface area contributed by atoms with E-state index in [2.05, 4.69) is 0 Å². The highest BCUT2D eigenvalue weighted by molar-refractivity contribution is 5.95. The minimum Gasteiger partial charge on any atom is -0.488 e. The van der Waals surface area contributed by atoms with Gasteiger partial charge in [-0.3, -0.25) is 5.41 Å². The molecule has 1 aromatic carbocycles. The van der Waals surface area contributed by atoms with Gasteiger partial charge in [0.2, 0.25) is 0 Å². The summed E-state index contributed by atoms with van der Waals surface area (Å²) < 4.78 is 48.7. The maximum Gasteiger partial charge on any atom is 0.419 e. The molecule has 0 radical (unpaired) electrons. The molecule has 0 fully saturated rings. The predicted molar refractivity (Wildman–Crippen MR) is 64.4 cm³/mol. The summed E-state index contributed by atoms with van der Waals surface area (Å²) in [5.41, 5.74) is 4.22. The second-order valence-corrected chi connectivity index (χ2v) is 4.01. The van der Waals surface area contributed by atoms with Gasteiger partial charge >= 0.3 is 6.18 Å². The number of hydrogen-bond donors (Lipinski definition) is 2. The van der Waals surface area contributed by atoms with E-state index in [1.165, 1.54) is 13.2 Å². The summed E-state index contributed by atoms with van der Waals surface area (Å²) in [4.78, 5) is 0. The molecule has 0 heterocycles. The van der Waals surface area contributed by atoms with Crippen molar-refractivity contribution in [1.29, 1.82) is 5.41 Å². The van der Waals surface area contributed by atoms with Crippen LogP contribution in [0.4, 0.5) is 13.2 Å². The molecular weight excluding hydrogens is 261 g/mol. The van der Waals surface area contributed by atoms with E-state index >= 15 is 0 Å². The molecule has 4 nitrogen and oxygen atoms in total. The summed E-state index contributed by atoms with van der Waals surface area (Å²) in [6.07, 6.45) is -5.09. The smallest absolute Gasteiger partial charge is 0.419 e. The van der Waals surface area contributed by atoms with Gasteiger partial charge in [-0.1, -0.05) is 0 Å². The van der Waals surface area contributed by atoms with Crippen LogP contribution in [0.5, 0.6) is 5.75 Å². The Hall–Kier alpha value is -1.76. The quantitative estimate of drug-likeness (QED) is 0.641. The van der Waals surface area contributed by atoms with Crippen molar-refractivity contribution in [3.63, 3.8) is 0 Å². The first-order valence-electron chi connectivity index (χ1n) is 5.47. The van der Waals surface area contributed by atoms with Gasteiger partial charge < -0.3 is 15.2 Å². The van der Waals surface area contributed by atoms with Gasteiger partial charge in [0.05, 0.1) is 12.2 Å². The van der Waals surface area contributed by atoms with Crippen LogP contribution in [-0.4, -0.2) is 25.7 Å². The van der Waals surface area contributed by atoms with Gasteiger partial charge in [-0.2, -0.15) is 13.2 Å². The zero-order valence-electron chi connectivity index (χ0n) is 10.5. The molecule has 1 aromatic rings. The van der Waals surface area contributed by atoms with Crippen LogP contribution in [-0.2, 0) is 10.9 Å². The number of amidine groups is 1. The molecule has 0 amide bonds. The first-order chi connectivity index (χ1) is 8.75. The third-order valence-electron chi connectivity index (χ3n) is 2.33. The second-order valence-electron chi connectivity index (χ2n) is 4.01. The van der Waals surface area contributed by atoms with Gasteiger partial charge in [-0.15, -0.1) is 0 Å². The number of rotatable bonds is 5. The first-order valence-corrected chi connectivity index (χ1v) is 5.47. The molecule has 1 atom stereocenters. The van der Waals surface area contributed by atoms with E-state index in [9.17, 15) is 13.2 Å². The average Bonchev–Trinajstić information content (AvgIpc) is 2.27. The van der Waals surface area contributed by atoms with E-state index in [0.717, 1.165) is 12.1 Å². The molecule has 7 heteroatoms. The Bertz CT molecular complexity index is 461. The second kappa shape index (κ2) is 5.92. The van der Waals surface area contributed by atoms with E-state index in [1.54, 1.807) is 6.92 Å². The molecule has 0 aliphatic rings. The lowest BCUT2D eigenvalue weighted by atomic mass is 10.1. The maximum absolute atomic E-state index is 12.9. The highest BCUT2D eigenvalue weighted by atomic mass is 19.4. The largest absolute Gasteiger partial charge is 0.488 e. The van der Waals surface area contributed by atoms with Crippen molar-refractivity contribution in [3.05, 3.63) is 29.3 Å². The van der Waals surface area contributed by atoms with Crippen molar-refractivity contribution in [2.45, 2.75) is 19.2 Å². The summed E-state index contributed by atoms with van der Waals surface area (Å²) in [7, 11) is 1.43. The Kier molecular flexibility index (Phi) is 4.77. The molecule has 0 bridgehead atoms. The van der Waals surface area contributed by atoms with Crippen LogP contribution in [0.2, 0.25) is 0 Å². The fourth-order valence-electron chi connectivity index (χ4n) is 1.51. The third kappa shape index (κ3) is 4.13. The van der Waals surface area contributed by atoms with Crippen LogP contribution >= 0.6 is 0 Å². The number of benzene rings is 1. The number of hydrogen-bond acceptors (Lipinski definition) is 3. The van der Waals surface area contributed by atoms with Crippen LogP contribution in [0.3, 0.4) is 0 Å². The fourth-order valence-corrected chi connectivity index (χ4v) is 1.51. The third-order valence-corrected chi connectivity index (χ3v) is 2.33. The number of nitrogen functional groups attached to an aromatic ring is 1. The van der Waals surface area contributed by atoms with E-state index in [-0.39, 0.29) is 17.9 Å². The van der Waals surface area contributed by atoms with Crippen LogP contribution in [0, 0.1) is 5.41 Å². The van der Waals surface area contributed by atoms with Gasteiger partial charge in [0, 0.05) is 12.7 Å². The predicted octanol–water partition coefficient (Wildman–Crippen LogP) is 2.40. The molecule has 0 aliphatic heterocycles. The maximum atomic E-state index is 12.9. The molecule has 19 heavy (non-hydrogen) atoms. The highest BCUT2D eigenvalue weighted by Gasteiger charge is 2.35. The summed E-state index contributed by atoms with van der Waals surface area (Å²) in [5, 5.41) is 7.16. The first kappa shape index (κ1) is 15.3. The van der Waals surface area contributed by atoms with E-state index < -0.39 is 23.7 Å².